The van der Waals surface area contributed by atoms with E-state index < -0.39 is 10.1 Å². The molecule has 0 saturated carbocycles. The van der Waals surface area contributed by atoms with Crippen molar-refractivity contribution in [2.45, 2.75) is 11.8 Å². The van der Waals surface area contributed by atoms with Crippen LogP contribution in [0.1, 0.15) is 5.56 Å². The second-order valence-corrected chi connectivity index (χ2v) is 4.99. The molecule has 0 saturated heterocycles. The summed E-state index contributed by atoms with van der Waals surface area (Å²) in [5.74, 6) is 0.0972. The van der Waals surface area contributed by atoms with E-state index in [-0.39, 0.29) is 10.6 Å². The number of aromatic hydroxyl groups is 1. The molecule has 0 heterocycles. The van der Waals surface area contributed by atoms with Gasteiger partial charge in [-0.05, 0) is 41.5 Å². The van der Waals surface area contributed by atoms with Gasteiger partial charge in [-0.2, -0.15) is 8.42 Å². The van der Waals surface area contributed by atoms with Gasteiger partial charge in [0, 0.05) is 0 Å². The first-order valence-electron chi connectivity index (χ1n) is 4.59. The van der Waals surface area contributed by atoms with Crippen molar-refractivity contribution >= 4 is 20.9 Å². The summed E-state index contributed by atoms with van der Waals surface area (Å²) in [4.78, 5) is -0.172. The lowest BCUT2D eigenvalue weighted by Crippen LogP contribution is -1.97. The van der Waals surface area contributed by atoms with Gasteiger partial charge in [0.05, 0.1) is 4.90 Å². The first-order chi connectivity index (χ1) is 7.39. The van der Waals surface area contributed by atoms with Crippen molar-refractivity contribution in [3.63, 3.8) is 0 Å². The summed E-state index contributed by atoms with van der Waals surface area (Å²) in [6, 6.07) is 7.50. The fourth-order valence-electron chi connectivity index (χ4n) is 1.60. The molecule has 0 aliphatic rings. The van der Waals surface area contributed by atoms with E-state index in [0.717, 1.165) is 5.39 Å². The van der Waals surface area contributed by atoms with Crippen LogP contribution < -0.4 is 0 Å². The Kier molecular flexibility index (Phi) is 2.36. The summed E-state index contributed by atoms with van der Waals surface area (Å²) in [6.07, 6.45) is 0. The van der Waals surface area contributed by atoms with Gasteiger partial charge in [0.2, 0.25) is 0 Å². The molecule has 0 amide bonds. The number of aryl methyl sites for hydroxylation is 1. The van der Waals surface area contributed by atoms with Crippen molar-refractivity contribution in [1.82, 2.24) is 0 Å². The SMILES string of the molecule is Cc1c(O)ccc2ccc(S(=O)(=O)O)cc12. The van der Waals surface area contributed by atoms with Gasteiger partial charge in [0.15, 0.2) is 0 Å². The number of rotatable bonds is 1. The van der Waals surface area contributed by atoms with Crippen LogP contribution in [0.25, 0.3) is 10.8 Å². The molecule has 0 fully saturated rings. The zero-order valence-electron chi connectivity index (χ0n) is 8.51. The third-order valence-electron chi connectivity index (χ3n) is 2.53. The zero-order valence-corrected chi connectivity index (χ0v) is 9.32. The predicted octanol–water partition coefficient (Wildman–Crippen LogP) is 2.10. The molecule has 0 radical (unpaired) electrons. The topological polar surface area (TPSA) is 74.6 Å². The summed E-state index contributed by atoms with van der Waals surface area (Å²) in [7, 11) is -4.21. The van der Waals surface area contributed by atoms with Gasteiger partial charge in [-0.1, -0.05) is 12.1 Å². The number of hydrogen-bond acceptors (Lipinski definition) is 3. The molecule has 16 heavy (non-hydrogen) atoms. The fourth-order valence-corrected chi connectivity index (χ4v) is 2.10. The highest BCUT2D eigenvalue weighted by Crippen LogP contribution is 2.28. The van der Waals surface area contributed by atoms with E-state index in [1.165, 1.54) is 12.1 Å². The molecule has 2 aromatic carbocycles. The Balaban J connectivity index is 2.84. The van der Waals surface area contributed by atoms with Gasteiger partial charge in [-0.15, -0.1) is 0 Å². The minimum absolute atomic E-state index is 0.0972. The van der Waals surface area contributed by atoms with Crippen LogP contribution in [0.4, 0.5) is 0 Å². The molecule has 0 spiro atoms. The van der Waals surface area contributed by atoms with Crippen molar-refractivity contribution in [1.29, 1.82) is 0 Å². The largest absolute Gasteiger partial charge is 0.508 e. The van der Waals surface area contributed by atoms with E-state index in [2.05, 4.69) is 0 Å². The number of fused-ring (bicyclic) bond motifs is 1. The standard InChI is InChI=1S/C11H10O4S/c1-7-10-6-9(16(13,14)15)4-2-8(10)3-5-11(7)12/h2-6,12H,1H3,(H,13,14,15). The molecule has 2 aromatic rings. The monoisotopic (exact) mass is 238 g/mol. The Morgan fingerprint density at radius 2 is 1.75 bits per heavy atom. The average molecular weight is 238 g/mol. The Labute approximate surface area is 92.9 Å². The van der Waals surface area contributed by atoms with E-state index >= 15 is 0 Å². The molecular weight excluding hydrogens is 228 g/mol. The van der Waals surface area contributed by atoms with Gasteiger partial charge >= 0.3 is 0 Å². The molecule has 5 heteroatoms. The third-order valence-corrected chi connectivity index (χ3v) is 3.38. The predicted molar refractivity (Wildman–Crippen MR) is 60.2 cm³/mol. The Hall–Kier alpha value is -1.59. The van der Waals surface area contributed by atoms with Crippen molar-refractivity contribution in [2.75, 3.05) is 0 Å². The van der Waals surface area contributed by atoms with Crippen molar-refractivity contribution < 1.29 is 18.1 Å². The molecule has 0 atom stereocenters. The lowest BCUT2D eigenvalue weighted by molar-refractivity contribution is 0.472. The summed E-state index contributed by atoms with van der Waals surface area (Å²) in [6.45, 7) is 1.69. The van der Waals surface area contributed by atoms with Crippen LogP contribution in [0, 0.1) is 6.92 Å². The van der Waals surface area contributed by atoms with Crippen LogP contribution in [0.5, 0.6) is 5.75 Å². The van der Waals surface area contributed by atoms with Crippen LogP contribution in [0.2, 0.25) is 0 Å². The van der Waals surface area contributed by atoms with Gasteiger partial charge in [-0.3, -0.25) is 4.55 Å². The molecule has 0 unspecified atom stereocenters. The number of hydrogen-bond donors (Lipinski definition) is 2. The minimum atomic E-state index is -4.21. The highest BCUT2D eigenvalue weighted by Gasteiger charge is 2.11. The van der Waals surface area contributed by atoms with Crippen LogP contribution in [0.3, 0.4) is 0 Å². The first-order valence-corrected chi connectivity index (χ1v) is 6.03. The highest BCUT2D eigenvalue weighted by atomic mass is 32.2. The van der Waals surface area contributed by atoms with Gasteiger partial charge in [-0.25, -0.2) is 0 Å². The second kappa shape index (κ2) is 3.47. The van der Waals surface area contributed by atoms with Crippen LogP contribution in [0.15, 0.2) is 35.2 Å². The Morgan fingerprint density at radius 1 is 1.12 bits per heavy atom. The van der Waals surface area contributed by atoms with Crippen LogP contribution in [-0.4, -0.2) is 18.1 Å². The molecule has 0 bridgehead atoms. The van der Waals surface area contributed by atoms with Crippen LogP contribution >= 0.6 is 0 Å². The number of phenols is 1. The summed E-state index contributed by atoms with van der Waals surface area (Å²) in [5, 5.41) is 10.9. The van der Waals surface area contributed by atoms with E-state index in [1.807, 2.05) is 0 Å². The number of phenolic OH excluding ortho intramolecular Hbond substituents is 1. The van der Waals surface area contributed by atoms with E-state index in [4.69, 9.17) is 4.55 Å². The van der Waals surface area contributed by atoms with Gasteiger partial charge in [0.1, 0.15) is 5.75 Å². The maximum Gasteiger partial charge on any atom is 0.294 e. The lowest BCUT2D eigenvalue weighted by Gasteiger charge is -2.05. The Morgan fingerprint density at radius 3 is 2.38 bits per heavy atom. The van der Waals surface area contributed by atoms with Crippen molar-refractivity contribution in [2.24, 2.45) is 0 Å². The molecule has 0 aromatic heterocycles. The minimum Gasteiger partial charge on any atom is -0.508 e. The van der Waals surface area contributed by atoms with Gasteiger partial charge < -0.3 is 5.11 Å². The second-order valence-electron chi connectivity index (χ2n) is 3.57. The first kappa shape index (κ1) is 10.9. The highest BCUT2D eigenvalue weighted by molar-refractivity contribution is 7.85. The molecule has 2 N–H and O–H groups in total. The fraction of sp³-hybridized carbons (Fsp3) is 0.0909. The number of benzene rings is 2. The quantitative estimate of drug-likeness (QED) is 0.746. The summed E-state index contributed by atoms with van der Waals surface area (Å²) >= 11 is 0. The molecule has 0 aliphatic carbocycles. The molecule has 2 rings (SSSR count). The van der Waals surface area contributed by atoms with E-state index in [0.29, 0.717) is 10.9 Å². The molecule has 84 valence electrons. The van der Waals surface area contributed by atoms with E-state index in [9.17, 15) is 13.5 Å². The maximum absolute atomic E-state index is 11.0. The normalized spacial score (nSPS) is 11.9. The molecule has 0 aliphatic heterocycles. The average Bonchev–Trinajstić information content (AvgIpc) is 2.22. The summed E-state index contributed by atoms with van der Waals surface area (Å²) in [5.41, 5.74) is 0.586. The van der Waals surface area contributed by atoms with Crippen molar-refractivity contribution in [3.8, 4) is 5.75 Å². The smallest absolute Gasteiger partial charge is 0.294 e. The summed E-state index contributed by atoms with van der Waals surface area (Å²) < 4.78 is 30.9. The third kappa shape index (κ3) is 1.75. The molecular formula is C11H10O4S. The van der Waals surface area contributed by atoms with Crippen LogP contribution in [-0.2, 0) is 10.1 Å². The maximum atomic E-state index is 11.0. The lowest BCUT2D eigenvalue weighted by atomic mass is 10.1. The van der Waals surface area contributed by atoms with Crippen molar-refractivity contribution in [3.05, 3.63) is 35.9 Å². The zero-order chi connectivity index (χ0) is 11.9. The van der Waals surface area contributed by atoms with E-state index in [1.54, 1.807) is 25.1 Å². The molecule has 4 nitrogen and oxygen atoms in total. The Bertz CT molecular complexity index is 659. The van der Waals surface area contributed by atoms with Gasteiger partial charge in [0.25, 0.3) is 10.1 Å².